The van der Waals surface area contributed by atoms with Crippen molar-refractivity contribution in [3.8, 4) is 11.5 Å². The largest absolute Gasteiger partial charge is 0.497 e. The number of H-pyrrole nitrogens is 1. The van der Waals surface area contributed by atoms with Gasteiger partial charge in [-0.05, 0) is 12.1 Å². The molecule has 2 aromatic rings. The predicted octanol–water partition coefficient (Wildman–Crippen LogP) is 1.26. The predicted molar refractivity (Wildman–Crippen MR) is 70.5 cm³/mol. The molecule has 1 heterocycles. The van der Waals surface area contributed by atoms with Crippen molar-refractivity contribution in [2.75, 3.05) is 25.3 Å². The minimum absolute atomic E-state index is 0.340. The van der Waals surface area contributed by atoms with E-state index in [9.17, 15) is 4.79 Å². The second-order valence-corrected chi connectivity index (χ2v) is 3.76. The number of amides is 1. The van der Waals surface area contributed by atoms with Crippen LogP contribution in [0.3, 0.4) is 0 Å². The van der Waals surface area contributed by atoms with Crippen LogP contribution in [0.2, 0.25) is 0 Å². The molecule has 100 valence electrons. The lowest BCUT2D eigenvalue weighted by atomic mass is 10.2. The number of rotatable bonds is 4. The Hall–Kier alpha value is -2.70. The third-order valence-corrected chi connectivity index (χ3v) is 2.52. The third kappa shape index (κ3) is 2.76. The minimum atomic E-state index is -0.340. The number of nitrogens with two attached hydrogens (primary N) is 1. The lowest BCUT2D eigenvalue weighted by molar-refractivity contribution is 0.102. The molecule has 0 atom stereocenters. The molecule has 2 rings (SSSR count). The van der Waals surface area contributed by atoms with Gasteiger partial charge in [0.25, 0.3) is 5.91 Å². The van der Waals surface area contributed by atoms with Gasteiger partial charge in [-0.3, -0.25) is 9.89 Å². The summed E-state index contributed by atoms with van der Waals surface area (Å²) in [6, 6.07) is 4.89. The van der Waals surface area contributed by atoms with Gasteiger partial charge in [0.05, 0.1) is 26.1 Å². The van der Waals surface area contributed by atoms with E-state index in [2.05, 4.69) is 15.5 Å². The summed E-state index contributed by atoms with van der Waals surface area (Å²) in [5.41, 5.74) is 6.38. The van der Waals surface area contributed by atoms with E-state index in [4.69, 9.17) is 15.2 Å². The van der Waals surface area contributed by atoms with Crippen molar-refractivity contribution in [3.05, 3.63) is 30.0 Å². The van der Waals surface area contributed by atoms with Gasteiger partial charge < -0.3 is 20.5 Å². The summed E-state index contributed by atoms with van der Waals surface area (Å²) in [7, 11) is 3.03. The maximum absolute atomic E-state index is 12.1. The first-order valence-electron chi connectivity index (χ1n) is 5.47. The molecule has 0 aliphatic heterocycles. The van der Waals surface area contributed by atoms with Gasteiger partial charge in [0, 0.05) is 11.6 Å². The fraction of sp³-hybridized carbons (Fsp3) is 0.167. The van der Waals surface area contributed by atoms with Crippen LogP contribution in [-0.2, 0) is 0 Å². The highest BCUT2D eigenvalue weighted by atomic mass is 16.5. The molecule has 1 aromatic heterocycles. The van der Waals surface area contributed by atoms with E-state index in [0.717, 1.165) is 0 Å². The van der Waals surface area contributed by atoms with Crippen molar-refractivity contribution in [2.24, 2.45) is 0 Å². The van der Waals surface area contributed by atoms with Crippen molar-refractivity contribution >= 4 is 17.4 Å². The van der Waals surface area contributed by atoms with Crippen LogP contribution in [0.25, 0.3) is 0 Å². The van der Waals surface area contributed by atoms with Gasteiger partial charge in [0.1, 0.15) is 11.5 Å². The van der Waals surface area contributed by atoms with Crippen LogP contribution in [0, 0.1) is 0 Å². The zero-order valence-corrected chi connectivity index (χ0v) is 10.6. The highest BCUT2D eigenvalue weighted by Crippen LogP contribution is 2.23. The summed E-state index contributed by atoms with van der Waals surface area (Å²) >= 11 is 0. The number of benzene rings is 1. The van der Waals surface area contributed by atoms with Crippen LogP contribution < -0.4 is 20.5 Å². The summed E-state index contributed by atoms with van der Waals surface area (Å²) < 4.78 is 10.2. The number of carbonyl (C=O) groups excluding carboxylic acids is 1. The summed E-state index contributed by atoms with van der Waals surface area (Å²) in [6.45, 7) is 0. The molecular weight excluding hydrogens is 248 g/mol. The van der Waals surface area contributed by atoms with Gasteiger partial charge in [0.2, 0.25) is 0 Å². The van der Waals surface area contributed by atoms with Gasteiger partial charge in [-0.1, -0.05) is 0 Å². The molecule has 1 amide bonds. The van der Waals surface area contributed by atoms with Crippen molar-refractivity contribution in [3.63, 3.8) is 0 Å². The van der Waals surface area contributed by atoms with E-state index in [1.807, 2.05) is 0 Å². The van der Waals surface area contributed by atoms with E-state index < -0.39 is 0 Å². The Morgan fingerprint density at radius 2 is 1.89 bits per heavy atom. The molecule has 0 bridgehead atoms. The number of aromatic amines is 1. The average Bonchev–Trinajstić information content (AvgIpc) is 2.83. The molecule has 0 aliphatic rings. The lowest BCUT2D eigenvalue weighted by Gasteiger charge is -2.08. The number of nitrogen functional groups attached to an aromatic ring is 1. The SMILES string of the molecule is COc1cc(OC)cc(C(=O)Nc2[nH]ncc2N)c1. The highest BCUT2D eigenvalue weighted by molar-refractivity contribution is 6.05. The number of aromatic nitrogens is 2. The van der Waals surface area contributed by atoms with E-state index in [-0.39, 0.29) is 5.91 Å². The van der Waals surface area contributed by atoms with Crippen molar-refractivity contribution < 1.29 is 14.3 Å². The van der Waals surface area contributed by atoms with Gasteiger partial charge in [-0.15, -0.1) is 0 Å². The van der Waals surface area contributed by atoms with Crippen molar-refractivity contribution in [1.29, 1.82) is 0 Å². The van der Waals surface area contributed by atoms with Crippen LogP contribution in [0.1, 0.15) is 10.4 Å². The van der Waals surface area contributed by atoms with Crippen LogP contribution in [0.15, 0.2) is 24.4 Å². The van der Waals surface area contributed by atoms with E-state index in [1.54, 1.807) is 18.2 Å². The van der Waals surface area contributed by atoms with Crippen molar-refractivity contribution in [1.82, 2.24) is 10.2 Å². The molecule has 0 radical (unpaired) electrons. The van der Waals surface area contributed by atoms with Crippen LogP contribution in [0.4, 0.5) is 11.5 Å². The molecule has 19 heavy (non-hydrogen) atoms. The van der Waals surface area contributed by atoms with E-state index in [0.29, 0.717) is 28.6 Å². The van der Waals surface area contributed by atoms with Gasteiger partial charge in [0.15, 0.2) is 5.82 Å². The first-order valence-corrected chi connectivity index (χ1v) is 5.47. The van der Waals surface area contributed by atoms with Crippen LogP contribution >= 0.6 is 0 Å². The second-order valence-electron chi connectivity index (χ2n) is 3.76. The maximum atomic E-state index is 12.1. The number of hydrogen-bond acceptors (Lipinski definition) is 5. The monoisotopic (exact) mass is 262 g/mol. The first kappa shape index (κ1) is 12.7. The molecule has 0 fully saturated rings. The number of anilines is 2. The molecule has 0 unspecified atom stereocenters. The number of ether oxygens (including phenoxy) is 2. The molecule has 1 aromatic carbocycles. The molecular formula is C12H14N4O3. The fourth-order valence-corrected chi connectivity index (χ4v) is 1.52. The number of nitrogens with zero attached hydrogens (tertiary/aromatic N) is 1. The standard InChI is InChI=1S/C12H14N4O3/c1-18-8-3-7(4-9(5-8)19-2)12(17)15-11-10(13)6-14-16-11/h3-6H,13H2,1-2H3,(H2,14,15,16,17). The Bertz CT molecular complexity index is 572. The number of hydrogen-bond donors (Lipinski definition) is 3. The molecule has 4 N–H and O–H groups in total. The highest BCUT2D eigenvalue weighted by Gasteiger charge is 2.12. The van der Waals surface area contributed by atoms with E-state index in [1.165, 1.54) is 20.4 Å². The zero-order valence-electron chi connectivity index (χ0n) is 10.6. The fourth-order valence-electron chi connectivity index (χ4n) is 1.52. The molecule has 0 saturated carbocycles. The Kier molecular flexibility index (Phi) is 3.56. The second kappa shape index (κ2) is 5.30. The average molecular weight is 262 g/mol. The van der Waals surface area contributed by atoms with Gasteiger partial charge in [-0.25, -0.2) is 0 Å². The van der Waals surface area contributed by atoms with Crippen LogP contribution in [-0.4, -0.2) is 30.3 Å². The number of methoxy groups -OCH3 is 2. The Labute approximate surface area is 109 Å². The first-order chi connectivity index (χ1) is 9.13. The Balaban J connectivity index is 2.25. The summed E-state index contributed by atoms with van der Waals surface area (Å²) in [5, 5.41) is 8.93. The summed E-state index contributed by atoms with van der Waals surface area (Å²) in [5.74, 6) is 1.07. The summed E-state index contributed by atoms with van der Waals surface area (Å²) in [4.78, 5) is 12.1. The smallest absolute Gasteiger partial charge is 0.257 e. The lowest BCUT2D eigenvalue weighted by Crippen LogP contribution is -2.13. The Morgan fingerprint density at radius 3 is 2.37 bits per heavy atom. The van der Waals surface area contributed by atoms with Crippen LogP contribution in [0.5, 0.6) is 11.5 Å². The zero-order chi connectivity index (χ0) is 13.8. The minimum Gasteiger partial charge on any atom is -0.497 e. The molecule has 0 spiro atoms. The molecule has 7 nitrogen and oxygen atoms in total. The maximum Gasteiger partial charge on any atom is 0.257 e. The summed E-state index contributed by atoms with van der Waals surface area (Å²) in [6.07, 6.45) is 1.42. The van der Waals surface area contributed by atoms with Gasteiger partial charge in [-0.2, -0.15) is 5.10 Å². The van der Waals surface area contributed by atoms with Crippen molar-refractivity contribution in [2.45, 2.75) is 0 Å². The Morgan fingerprint density at radius 1 is 1.26 bits per heavy atom. The quantitative estimate of drug-likeness (QED) is 0.769. The third-order valence-electron chi connectivity index (χ3n) is 2.52. The van der Waals surface area contributed by atoms with E-state index >= 15 is 0 Å². The number of nitrogens with one attached hydrogen (secondary N) is 2. The normalized spacial score (nSPS) is 10.0. The number of carbonyl (C=O) groups is 1. The van der Waals surface area contributed by atoms with Gasteiger partial charge >= 0.3 is 0 Å². The topological polar surface area (TPSA) is 102 Å². The molecule has 7 heteroatoms. The molecule has 0 saturated heterocycles. The molecule has 0 aliphatic carbocycles.